The smallest absolute Gasteiger partial charge is 0.125 e. The van der Waals surface area contributed by atoms with E-state index in [-0.39, 0.29) is 12.0 Å². The van der Waals surface area contributed by atoms with E-state index in [0.717, 1.165) is 42.9 Å². The predicted molar refractivity (Wildman–Crippen MR) is 79.9 cm³/mol. The number of ether oxygens (including phenoxy) is 3. The van der Waals surface area contributed by atoms with Crippen LogP contribution in [0.5, 0.6) is 11.5 Å². The van der Waals surface area contributed by atoms with Gasteiger partial charge in [0.15, 0.2) is 0 Å². The fraction of sp³-hybridized carbons (Fsp3) is 0.647. The number of aliphatic hydroxyl groups is 1. The lowest BCUT2D eigenvalue weighted by Crippen LogP contribution is -2.24. The molecular weight excluding hydrogens is 268 g/mol. The standard InChI is InChI=1S/C17H24O4/c1-3-20-16-8-13-7-11(2)21-15(13)9-14(16)17(18)12-5-4-6-19-10-12/h8-9,11-12,17-18H,3-7,10H2,1-2H3. The minimum Gasteiger partial charge on any atom is -0.493 e. The summed E-state index contributed by atoms with van der Waals surface area (Å²) in [7, 11) is 0. The fourth-order valence-corrected chi connectivity index (χ4v) is 3.24. The minimum absolute atomic E-state index is 0.134. The topological polar surface area (TPSA) is 47.9 Å². The van der Waals surface area contributed by atoms with Crippen LogP contribution in [0.2, 0.25) is 0 Å². The van der Waals surface area contributed by atoms with Gasteiger partial charge in [-0.15, -0.1) is 0 Å². The molecule has 1 N–H and O–H groups in total. The van der Waals surface area contributed by atoms with E-state index in [0.29, 0.717) is 13.2 Å². The molecule has 0 aliphatic carbocycles. The molecule has 4 heteroatoms. The summed E-state index contributed by atoms with van der Waals surface area (Å²) < 4.78 is 17.1. The highest BCUT2D eigenvalue weighted by Gasteiger charge is 2.29. The molecule has 1 aromatic carbocycles. The lowest BCUT2D eigenvalue weighted by Gasteiger charge is -2.28. The molecule has 0 spiro atoms. The third-order valence-electron chi connectivity index (χ3n) is 4.29. The van der Waals surface area contributed by atoms with Crippen molar-refractivity contribution in [2.45, 2.75) is 45.3 Å². The lowest BCUT2D eigenvalue weighted by atomic mass is 9.90. The van der Waals surface area contributed by atoms with Gasteiger partial charge in [-0.1, -0.05) is 0 Å². The Balaban J connectivity index is 1.90. The highest BCUT2D eigenvalue weighted by molar-refractivity contribution is 5.49. The van der Waals surface area contributed by atoms with Gasteiger partial charge in [-0.05, 0) is 38.8 Å². The number of hydrogen-bond donors (Lipinski definition) is 1. The van der Waals surface area contributed by atoms with Crippen LogP contribution in [-0.2, 0) is 11.2 Å². The van der Waals surface area contributed by atoms with Gasteiger partial charge in [-0.2, -0.15) is 0 Å². The zero-order valence-corrected chi connectivity index (χ0v) is 12.8. The fourth-order valence-electron chi connectivity index (χ4n) is 3.24. The minimum atomic E-state index is -0.559. The summed E-state index contributed by atoms with van der Waals surface area (Å²) >= 11 is 0. The summed E-state index contributed by atoms with van der Waals surface area (Å²) in [5.74, 6) is 1.80. The Bertz CT molecular complexity index is 494. The van der Waals surface area contributed by atoms with Gasteiger partial charge in [0.1, 0.15) is 17.6 Å². The lowest BCUT2D eigenvalue weighted by molar-refractivity contribution is -0.0109. The average molecular weight is 292 g/mol. The highest BCUT2D eigenvalue weighted by atomic mass is 16.5. The van der Waals surface area contributed by atoms with Gasteiger partial charge in [0.2, 0.25) is 0 Å². The molecule has 1 aromatic rings. The van der Waals surface area contributed by atoms with Crippen LogP contribution in [-0.4, -0.2) is 31.0 Å². The monoisotopic (exact) mass is 292 g/mol. The molecule has 3 unspecified atom stereocenters. The van der Waals surface area contributed by atoms with Crippen LogP contribution in [0, 0.1) is 5.92 Å². The first-order valence-corrected chi connectivity index (χ1v) is 7.91. The van der Waals surface area contributed by atoms with Crippen LogP contribution in [0.15, 0.2) is 12.1 Å². The maximum absolute atomic E-state index is 10.7. The summed E-state index contributed by atoms with van der Waals surface area (Å²) in [6.45, 7) is 6.03. The second-order valence-electron chi connectivity index (χ2n) is 5.99. The van der Waals surface area contributed by atoms with Gasteiger partial charge >= 0.3 is 0 Å². The van der Waals surface area contributed by atoms with Gasteiger partial charge in [0, 0.05) is 30.1 Å². The molecule has 4 nitrogen and oxygen atoms in total. The molecular formula is C17H24O4. The molecule has 2 aliphatic heterocycles. The first-order chi connectivity index (χ1) is 10.2. The van der Waals surface area contributed by atoms with Gasteiger partial charge in [-0.25, -0.2) is 0 Å². The second kappa shape index (κ2) is 6.24. The summed E-state index contributed by atoms with van der Waals surface area (Å²) in [5.41, 5.74) is 2.00. The Hall–Kier alpha value is -1.26. The maximum Gasteiger partial charge on any atom is 0.125 e. The normalized spacial score (nSPS) is 26.0. The summed E-state index contributed by atoms with van der Waals surface area (Å²) in [5, 5.41) is 10.7. The summed E-state index contributed by atoms with van der Waals surface area (Å²) in [6.07, 6.45) is 2.53. The Labute approximate surface area is 126 Å². The van der Waals surface area contributed by atoms with Crippen molar-refractivity contribution in [3.05, 3.63) is 23.3 Å². The highest BCUT2D eigenvalue weighted by Crippen LogP contribution is 2.40. The van der Waals surface area contributed by atoms with Gasteiger partial charge < -0.3 is 19.3 Å². The van der Waals surface area contributed by atoms with E-state index >= 15 is 0 Å². The molecule has 21 heavy (non-hydrogen) atoms. The van der Waals surface area contributed by atoms with E-state index < -0.39 is 6.10 Å². The molecule has 0 amide bonds. The molecule has 0 saturated carbocycles. The third-order valence-corrected chi connectivity index (χ3v) is 4.29. The van der Waals surface area contributed by atoms with Crippen molar-refractivity contribution in [3.63, 3.8) is 0 Å². The van der Waals surface area contributed by atoms with E-state index in [2.05, 4.69) is 6.92 Å². The summed E-state index contributed by atoms with van der Waals surface area (Å²) in [4.78, 5) is 0. The number of fused-ring (bicyclic) bond motifs is 1. The van der Waals surface area contributed by atoms with Crippen molar-refractivity contribution in [2.24, 2.45) is 5.92 Å². The molecule has 1 saturated heterocycles. The van der Waals surface area contributed by atoms with E-state index in [1.54, 1.807) is 0 Å². The van der Waals surface area contributed by atoms with E-state index in [1.165, 1.54) is 5.56 Å². The van der Waals surface area contributed by atoms with Crippen LogP contribution >= 0.6 is 0 Å². The first kappa shape index (κ1) is 14.7. The Morgan fingerprint density at radius 3 is 3.00 bits per heavy atom. The maximum atomic E-state index is 10.7. The first-order valence-electron chi connectivity index (χ1n) is 7.91. The van der Waals surface area contributed by atoms with Gasteiger partial charge in [-0.3, -0.25) is 0 Å². The van der Waals surface area contributed by atoms with Crippen LogP contribution in [0.3, 0.4) is 0 Å². The van der Waals surface area contributed by atoms with E-state index in [9.17, 15) is 5.11 Å². The van der Waals surface area contributed by atoms with Crippen LogP contribution in [0.4, 0.5) is 0 Å². The van der Waals surface area contributed by atoms with Crippen LogP contribution in [0.25, 0.3) is 0 Å². The number of rotatable bonds is 4. The largest absolute Gasteiger partial charge is 0.493 e. The van der Waals surface area contributed by atoms with Crippen LogP contribution in [0.1, 0.15) is 43.9 Å². The molecule has 0 radical (unpaired) electrons. The molecule has 3 rings (SSSR count). The van der Waals surface area contributed by atoms with Gasteiger partial charge in [0.25, 0.3) is 0 Å². The molecule has 0 bridgehead atoms. The molecule has 116 valence electrons. The van der Waals surface area contributed by atoms with Crippen molar-refractivity contribution in [1.82, 2.24) is 0 Å². The zero-order valence-electron chi connectivity index (χ0n) is 12.8. The van der Waals surface area contributed by atoms with Crippen molar-refractivity contribution < 1.29 is 19.3 Å². The predicted octanol–water partition coefficient (Wildman–Crippen LogP) is 2.87. The molecule has 1 fully saturated rings. The van der Waals surface area contributed by atoms with Crippen LogP contribution < -0.4 is 9.47 Å². The second-order valence-corrected chi connectivity index (χ2v) is 5.99. The van der Waals surface area contributed by atoms with E-state index in [4.69, 9.17) is 14.2 Å². The number of hydrogen-bond acceptors (Lipinski definition) is 4. The SMILES string of the molecule is CCOc1cc2c(cc1C(O)C1CCCOC1)OC(C)C2. The quantitative estimate of drug-likeness (QED) is 0.927. The third kappa shape index (κ3) is 3.01. The van der Waals surface area contributed by atoms with Crippen molar-refractivity contribution in [1.29, 1.82) is 0 Å². The molecule has 2 aliphatic rings. The van der Waals surface area contributed by atoms with Crippen molar-refractivity contribution in [2.75, 3.05) is 19.8 Å². The Morgan fingerprint density at radius 1 is 1.43 bits per heavy atom. The number of aliphatic hydroxyl groups excluding tert-OH is 1. The van der Waals surface area contributed by atoms with Gasteiger partial charge in [0.05, 0.1) is 19.3 Å². The summed E-state index contributed by atoms with van der Waals surface area (Å²) in [6, 6.07) is 3.99. The Morgan fingerprint density at radius 2 is 2.29 bits per heavy atom. The molecule has 0 aromatic heterocycles. The van der Waals surface area contributed by atoms with Crippen molar-refractivity contribution in [3.8, 4) is 11.5 Å². The average Bonchev–Trinajstić information content (AvgIpc) is 2.86. The molecule has 3 atom stereocenters. The zero-order chi connectivity index (χ0) is 14.8. The van der Waals surface area contributed by atoms with Crippen molar-refractivity contribution >= 4 is 0 Å². The number of benzene rings is 1. The van der Waals surface area contributed by atoms with E-state index in [1.807, 2.05) is 19.1 Å². The molecule has 2 heterocycles. The Kier molecular flexibility index (Phi) is 4.36.